The highest BCUT2D eigenvalue weighted by molar-refractivity contribution is 9.10. The minimum Gasteiger partial charge on any atom is -0.492 e. The molecular weight excluding hydrogens is 302 g/mol. The van der Waals surface area contributed by atoms with Gasteiger partial charge in [-0.1, -0.05) is 0 Å². The molecule has 2 N–H and O–H groups in total. The number of benzene rings is 1. The van der Waals surface area contributed by atoms with Crippen molar-refractivity contribution in [2.45, 2.75) is 0 Å². The first kappa shape index (κ1) is 12.6. The Morgan fingerprint density at radius 2 is 2.33 bits per heavy atom. The highest BCUT2D eigenvalue weighted by Crippen LogP contribution is 2.19. The minimum absolute atomic E-state index is 0.240. The average molecular weight is 312 g/mol. The van der Waals surface area contributed by atoms with Crippen molar-refractivity contribution in [1.82, 2.24) is 15.3 Å². The Balaban J connectivity index is 2.01. The van der Waals surface area contributed by atoms with Crippen LogP contribution in [0.2, 0.25) is 0 Å². The van der Waals surface area contributed by atoms with Gasteiger partial charge >= 0.3 is 6.09 Å². The van der Waals surface area contributed by atoms with Gasteiger partial charge in [-0.25, -0.2) is 14.8 Å². The summed E-state index contributed by atoms with van der Waals surface area (Å²) in [5.41, 5.74) is 0.813. The van der Waals surface area contributed by atoms with Crippen LogP contribution >= 0.6 is 15.9 Å². The molecule has 7 heteroatoms. The van der Waals surface area contributed by atoms with Crippen molar-refractivity contribution >= 4 is 32.9 Å². The maximum absolute atomic E-state index is 10.2. The second-order valence-electron chi connectivity index (χ2n) is 3.44. The quantitative estimate of drug-likeness (QED) is 0.666. The number of hydrogen-bond acceptors (Lipinski definition) is 4. The fourth-order valence-electron chi connectivity index (χ4n) is 1.41. The number of nitrogens with one attached hydrogen (secondary N) is 1. The van der Waals surface area contributed by atoms with Gasteiger partial charge in [0.15, 0.2) is 4.73 Å². The number of hydrogen-bond donors (Lipinski definition) is 2. The zero-order valence-corrected chi connectivity index (χ0v) is 10.8. The molecule has 0 saturated carbocycles. The lowest BCUT2D eigenvalue weighted by atomic mass is 10.2. The average Bonchev–Trinajstić information content (AvgIpc) is 2.34. The molecule has 0 unspecified atom stereocenters. The smallest absolute Gasteiger partial charge is 0.404 e. The molecule has 1 amide bonds. The fraction of sp³-hybridized carbons (Fsp3) is 0.182. The molecule has 94 valence electrons. The largest absolute Gasteiger partial charge is 0.492 e. The maximum atomic E-state index is 10.2. The van der Waals surface area contributed by atoms with Gasteiger partial charge in [0.1, 0.15) is 12.4 Å². The first-order chi connectivity index (χ1) is 8.65. The van der Waals surface area contributed by atoms with Crippen LogP contribution in [0.4, 0.5) is 4.79 Å². The van der Waals surface area contributed by atoms with Crippen molar-refractivity contribution in [3.05, 3.63) is 29.1 Å². The number of nitrogens with zero attached hydrogens (tertiary/aromatic N) is 2. The lowest BCUT2D eigenvalue weighted by Crippen LogP contribution is -2.26. The SMILES string of the molecule is O=C(O)NCCOc1ccc2nc(Br)ncc2c1. The topological polar surface area (TPSA) is 84.3 Å². The summed E-state index contributed by atoms with van der Waals surface area (Å²) in [5.74, 6) is 0.653. The zero-order valence-electron chi connectivity index (χ0n) is 9.26. The summed E-state index contributed by atoms with van der Waals surface area (Å²) in [7, 11) is 0. The summed E-state index contributed by atoms with van der Waals surface area (Å²) in [4.78, 5) is 18.5. The molecule has 18 heavy (non-hydrogen) atoms. The van der Waals surface area contributed by atoms with E-state index in [9.17, 15) is 4.79 Å². The zero-order chi connectivity index (χ0) is 13.0. The molecule has 6 nitrogen and oxygen atoms in total. The van der Waals surface area contributed by atoms with E-state index in [2.05, 4.69) is 31.2 Å². The summed E-state index contributed by atoms with van der Waals surface area (Å²) in [6.07, 6.45) is 0.629. The highest BCUT2D eigenvalue weighted by atomic mass is 79.9. The van der Waals surface area contributed by atoms with Crippen molar-refractivity contribution < 1.29 is 14.6 Å². The number of carboxylic acid groups (broad SMARTS) is 1. The Labute approximate surface area is 111 Å². The van der Waals surface area contributed by atoms with Gasteiger partial charge in [0.25, 0.3) is 0 Å². The lowest BCUT2D eigenvalue weighted by Gasteiger charge is -2.06. The number of halogens is 1. The standard InChI is InChI=1S/C11H10BrN3O3/c12-10-14-6-7-5-8(1-2-9(7)15-10)18-4-3-13-11(16)17/h1-2,5-6,13H,3-4H2,(H,16,17). The van der Waals surface area contributed by atoms with Gasteiger partial charge in [-0.3, -0.25) is 0 Å². The van der Waals surface area contributed by atoms with E-state index >= 15 is 0 Å². The van der Waals surface area contributed by atoms with E-state index in [0.29, 0.717) is 10.5 Å². The van der Waals surface area contributed by atoms with E-state index in [1.54, 1.807) is 12.3 Å². The van der Waals surface area contributed by atoms with E-state index in [4.69, 9.17) is 9.84 Å². The molecule has 1 aromatic carbocycles. The second-order valence-corrected chi connectivity index (χ2v) is 4.15. The molecule has 2 rings (SSSR count). The molecule has 0 bridgehead atoms. The molecule has 0 atom stereocenters. The molecule has 0 aliphatic rings. The molecule has 0 spiro atoms. The number of carbonyl (C=O) groups is 1. The molecule has 0 aliphatic heterocycles. The third kappa shape index (κ3) is 3.30. The highest BCUT2D eigenvalue weighted by Gasteiger charge is 2.01. The third-order valence-corrected chi connectivity index (χ3v) is 2.55. The summed E-state index contributed by atoms with van der Waals surface area (Å²) >= 11 is 3.20. The molecular formula is C11H10BrN3O3. The molecule has 2 aromatic rings. The van der Waals surface area contributed by atoms with E-state index < -0.39 is 6.09 Å². The Bertz CT molecular complexity index is 576. The van der Waals surface area contributed by atoms with Gasteiger partial charge in [0.05, 0.1) is 12.1 Å². The van der Waals surface area contributed by atoms with E-state index in [0.717, 1.165) is 10.9 Å². The van der Waals surface area contributed by atoms with Crippen LogP contribution in [0.5, 0.6) is 5.75 Å². The lowest BCUT2D eigenvalue weighted by molar-refractivity contribution is 0.191. The molecule has 0 fully saturated rings. The van der Waals surface area contributed by atoms with Crippen LogP contribution in [0.1, 0.15) is 0 Å². The minimum atomic E-state index is -1.06. The van der Waals surface area contributed by atoms with Gasteiger partial charge in [0, 0.05) is 11.6 Å². The summed E-state index contributed by atoms with van der Waals surface area (Å²) in [5, 5.41) is 11.5. The number of amides is 1. The van der Waals surface area contributed by atoms with Crippen molar-refractivity contribution in [1.29, 1.82) is 0 Å². The van der Waals surface area contributed by atoms with Crippen LogP contribution in [-0.2, 0) is 0 Å². The first-order valence-corrected chi connectivity index (χ1v) is 5.96. The normalized spacial score (nSPS) is 10.3. The van der Waals surface area contributed by atoms with Gasteiger partial charge in [0.2, 0.25) is 0 Å². The van der Waals surface area contributed by atoms with E-state index in [-0.39, 0.29) is 13.2 Å². The summed E-state index contributed by atoms with van der Waals surface area (Å²) in [6.45, 7) is 0.513. The van der Waals surface area contributed by atoms with E-state index in [1.165, 1.54) is 0 Å². The van der Waals surface area contributed by atoms with Gasteiger partial charge in [-0.2, -0.15) is 0 Å². The van der Waals surface area contributed by atoms with Gasteiger partial charge < -0.3 is 15.2 Å². The number of ether oxygens (including phenoxy) is 1. The number of aromatic nitrogens is 2. The Morgan fingerprint density at radius 1 is 1.50 bits per heavy atom. The van der Waals surface area contributed by atoms with Crippen LogP contribution in [0.15, 0.2) is 29.1 Å². The summed E-state index contributed by atoms with van der Waals surface area (Å²) in [6, 6.07) is 5.41. The van der Waals surface area contributed by atoms with Crippen molar-refractivity contribution in [3.63, 3.8) is 0 Å². The fourth-order valence-corrected chi connectivity index (χ4v) is 1.70. The monoisotopic (exact) mass is 311 g/mol. The van der Waals surface area contributed by atoms with Crippen LogP contribution in [-0.4, -0.2) is 34.3 Å². The summed E-state index contributed by atoms with van der Waals surface area (Å²) < 4.78 is 5.94. The molecule has 0 saturated heterocycles. The predicted molar refractivity (Wildman–Crippen MR) is 68.8 cm³/mol. The van der Waals surface area contributed by atoms with Crippen LogP contribution in [0.25, 0.3) is 10.9 Å². The van der Waals surface area contributed by atoms with Crippen LogP contribution < -0.4 is 10.1 Å². The van der Waals surface area contributed by atoms with Crippen LogP contribution in [0.3, 0.4) is 0 Å². The van der Waals surface area contributed by atoms with Gasteiger partial charge in [-0.15, -0.1) is 0 Å². The molecule has 1 heterocycles. The number of fused-ring (bicyclic) bond motifs is 1. The second kappa shape index (κ2) is 5.63. The van der Waals surface area contributed by atoms with Crippen molar-refractivity contribution in [2.75, 3.05) is 13.2 Å². The van der Waals surface area contributed by atoms with Crippen molar-refractivity contribution in [3.8, 4) is 5.75 Å². The first-order valence-electron chi connectivity index (χ1n) is 5.17. The van der Waals surface area contributed by atoms with E-state index in [1.807, 2.05) is 12.1 Å². The predicted octanol–water partition coefficient (Wildman–Crippen LogP) is 2.04. The third-order valence-electron chi connectivity index (χ3n) is 2.17. The Kier molecular flexibility index (Phi) is 3.93. The van der Waals surface area contributed by atoms with Crippen molar-refractivity contribution in [2.24, 2.45) is 0 Å². The molecule has 1 aromatic heterocycles. The Hall–Kier alpha value is -1.89. The molecule has 0 aliphatic carbocycles. The number of rotatable bonds is 4. The van der Waals surface area contributed by atoms with Gasteiger partial charge in [-0.05, 0) is 34.1 Å². The Morgan fingerprint density at radius 3 is 3.11 bits per heavy atom. The molecule has 0 radical (unpaired) electrons. The van der Waals surface area contributed by atoms with Crippen LogP contribution in [0, 0.1) is 0 Å². The maximum Gasteiger partial charge on any atom is 0.404 e.